The molecule has 0 aliphatic carbocycles. The maximum Gasteiger partial charge on any atom is 0.319 e. The summed E-state index contributed by atoms with van der Waals surface area (Å²) in [7, 11) is 0. The van der Waals surface area contributed by atoms with Crippen molar-refractivity contribution >= 4 is 39.1 Å². The zero-order chi connectivity index (χ0) is 28.6. The fraction of sp³-hybridized carbons (Fsp3) is 0.438. The van der Waals surface area contributed by atoms with E-state index in [0.29, 0.717) is 41.8 Å². The van der Waals surface area contributed by atoms with Crippen molar-refractivity contribution in [3.8, 4) is 22.9 Å². The molecule has 4 aliphatic rings. The number of piperazine rings is 1. The second-order valence-corrected chi connectivity index (χ2v) is 12.8. The van der Waals surface area contributed by atoms with Crippen LogP contribution < -0.4 is 15.0 Å². The highest BCUT2D eigenvalue weighted by Gasteiger charge is 2.49. The third kappa shape index (κ3) is 4.28. The zero-order valence-corrected chi connectivity index (χ0v) is 23.9. The van der Waals surface area contributed by atoms with E-state index in [1.165, 1.54) is 6.07 Å². The van der Waals surface area contributed by atoms with Crippen LogP contribution in [-0.4, -0.2) is 76.6 Å². The van der Waals surface area contributed by atoms with Crippen LogP contribution in [0.2, 0.25) is 5.02 Å². The monoisotopic (exact) mass is 591 g/mol. The number of nitrogens with one attached hydrogen (secondary N) is 1. The number of aromatic nitrogens is 2. The lowest BCUT2D eigenvalue weighted by molar-refractivity contribution is 0.107. The maximum atomic E-state index is 16.8. The maximum absolute atomic E-state index is 16.8. The third-order valence-electron chi connectivity index (χ3n) is 9.71. The fourth-order valence-corrected chi connectivity index (χ4v) is 8.13. The van der Waals surface area contributed by atoms with E-state index in [4.69, 9.17) is 21.3 Å². The molecule has 0 radical (unpaired) electrons. The molecule has 4 aromatic rings. The van der Waals surface area contributed by atoms with Crippen LogP contribution in [0, 0.1) is 5.82 Å². The number of nitrogens with zero attached hydrogens (tertiary/aromatic N) is 4. The zero-order valence-electron chi connectivity index (χ0n) is 23.1. The molecule has 0 spiro atoms. The summed E-state index contributed by atoms with van der Waals surface area (Å²) >= 11 is 6.86. The molecule has 2 bridgehead atoms. The lowest BCUT2D eigenvalue weighted by Crippen LogP contribution is -2.51. The molecular formula is C32H32ClF2N5O2. The lowest BCUT2D eigenvalue weighted by Gasteiger charge is -2.34. The standard InChI is InChI=1S/C32H32ClF2N5O2/c33-26-12-25-29(28(35)27(26)24-11-22(41)10-18-4-1-2-5-23(18)24)37-31(38-30(25)39-15-20-6-7-21(16-39)36-20)42-17-32-8-3-9-40(32)14-19(34)13-32/h1-2,4-5,10-12,19-21,36,41H,3,6-9,13-17H2/t19-,20?,21?,32+/m1/s1. The normalized spacial score (nSPS) is 27.3. The summed E-state index contributed by atoms with van der Waals surface area (Å²) in [4.78, 5) is 13.8. The second-order valence-electron chi connectivity index (χ2n) is 12.4. The molecule has 5 heterocycles. The van der Waals surface area contributed by atoms with Gasteiger partial charge in [-0.15, -0.1) is 0 Å². The first-order chi connectivity index (χ1) is 20.4. The highest BCUT2D eigenvalue weighted by atomic mass is 35.5. The molecule has 0 amide bonds. The van der Waals surface area contributed by atoms with Crippen molar-refractivity contribution < 1.29 is 18.6 Å². The van der Waals surface area contributed by atoms with Gasteiger partial charge in [-0.1, -0.05) is 35.9 Å². The molecule has 4 aliphatic heterocycles. The first-order valence-electron chi connectivity index (χ1n) is 14.8. The molecule has 3 aromatic carbocycles. The minimum absolute atomic E-state index is 0.0195. The van der Waals surface area contributed by atoms with E-state index >= 15 is 4.39 Å². The number of alkyl halides is 1. The predicted molar refractivity (Wildman–Crippen MR) is 160 cm³/mol. The van der Waals surface area contributed by atoms with E-state index in [1.54, 1.807) is 12.1 Å². The molecule has 2 unspecified atom stereocenters. The van der Waals surface area contributed by atoms with Crippen LogP contribution in [0.15, 0.2) is 42.5 Å². The van der Waals surface area contributed by atoms with Gasteiger partial charge in [0.15, 0.2) is 5.82 Å². The molecule has 42 heavy (non-hydrogen) atoms. The minimum atomic E-state index is -0.877. The van der Waals surface area contributed by atoms with Gasteiger partial charge in [0.05, 0.1) is 10.6 Å². The van der Waals surface area contributed by atoms with Gasteiger partial charge < -0.3 is 20.1 Å². The fourth-order valence-electron chi connectivity index (χ4n) is 7.83. The number of benzene rings is 3. The van der Waals surface area contributed by atoms with Gasteiger partial charge in [-0.3, -0.25) is 4.90 Å². The first kappa shape index (κ1) is 26.4. The average Bonchev–Trinajstić information content (AvgIpc) is 3.62. The highest BCUT2D eigenvalue weighted by molar-refractivity contribution is 6.35. The van der Waals surface area contributed by atoms with Crippen LogP contribution >= 0.6 is 11.6 Å². The molecule has 2 N–H and O–H groups in total. The number of ether oxygens (including phenoxy) is 1. The summed E-state index contributed by atoms with van der Waals surface area (Å²) in [6.07, 6.45) is 3.57. The van der Waals surface area contributed by atoms with Crippen LogP contribution in [0.3, 0.4) is 0 Å². The molecule has 10 heteroatoms. The minimum Gasteiger partial charge on any atom is -0.508 e. The van der Waals surface area contributed by atoms with Gasteiger partial charge >= 0.3 is 6.01 Å². The number of anilines is 1. The van der Waals surface area contributed by atoms with E-state index in [-0.39, 0.29) is 40.0 Å². The van der Waals surface area contributed by atoms with Gasteiger partial charge in [0.2, 0.25) is 0 Å². The van der Waals surface area contributed by atoms with E-state index in [2.05, 4.69) is 20.1 Å². The molecule has 0 saturated carbocycles. The topological polar surface area (TPSA) is 73.8 Å². The molecule has 4 saturated heterocycles. The van der Waals surface area contributed by atoms with Crippen molar-refractivity contribution in [1.82, 2.24) is 20.2 Å². The van der Waals surface area contributed by atoms with Gasteiger partial charge in [0.1, 0.15) is 29.9 Å². The Morgan fingerprint density at radius 2 is 1.88 bits per heavy atom. The van der Waals surface area contributed by atoms with Crippen LogP contribution in [0.5, 0.6) is 11.8 Å². The molecule has 1 aromatic heterocycles. The van der Waals surface area contributed by atoms with Crippen molar-refractivity contribution in [1.29, 1.82) is 0 Å². The highest BCUT2D eigenvalue weighted by Crippen LogP contribution is 2.44. The smallest absolute Gasteiger partial charge is 0.319 e. The number of aromatic hydroxyl groups is 1. The van der Waals surface area contributed by atoms with Gasteiger partial charge in [-0.05, 0) is 66.8 Å². The Labute approximate surface area is 247 Å². The molecule has 4 atom stereocenters. The molecular weight excluding hydrogens is 560 g/mol. The van der Waals surface area contributed by atoms with Crippen LogP contribution in [0.4, 0.5) is 14.6 Å². The number of fused-ring (bicyclic) bond motifs is 5. The Morgan fingerprint density at radius 3 is 2.71 bits per heavy atom. The summed E-state index contributed by atoms with van der Waals surface area (Å²) in [5, 5.41) is 16.4. The Hall–Kier alpha value is -3.27. The van der Waals surface area contributed by atoms with Crippen molar-refractivity contribution in [2.75, 3.05) is 37.7 Å². The number of hydrogen-bond donors (Lipinski definition) is 2. The number of hydrogen-bond acceptors (Lipinski definition) is 7. The first-order valence-corrected chi connectivity index (χ1v) is 15.2. The summed E-state index contributed by atoms with van der Waals surface area (Å²) in [6, 6.07) is 13.2. The van der Waals surface area contributed by atoms with Crippen LogP contribution in [-0.2, 0) is 0 Å². The number of rotatable bonds is 5. The lowest BCUT2D eigenvalue weighted by atomic mass is 9.95. The largest absolute Gasteiger partial charge is 0.508 e. The summed E-state index contributed by atoms with van der Waals surface area (Å²) in [5.74, 6) is 0.0216. The van der Waals surface area contributed by atoms with E-state index in [0.717, 1.165) is 56.1 Å². The van der Waals surface area contributed by atoms with E-state index in [1.807, 2.05) is 24.3 Å². The summed E-state index contributed by atoms with van der Waals surface area (Å²) in [5.41, 5.74) is 0.390. The molecule has 4 fully saturated rings. The number of phenolic OH excluding ortho intramolecular Hbond substituents is 1. The van der Waals surface area contributed by atoms with Gasteiger partial charge in [0.25, 0.3) is 0 Å². The predicted octanol–water partition coefficient (Wildman–Crippen LogP) is 5.84. The Kier molecular flexibility index (Phi) is 6.21. The second kappa shape index (κ2) is 9.89. The quantitative estimate of drug-likeness (QED) is 0.302. The Morgan fingerprint density at radius 1 is 1.07 bits per heavy atom. The molecule has 7 nitrogen and oxygen atoms in total. The number of phenols is 1. The average molecular weight is 592 g/mol. The van der Waals surface area contributed by atoms with Crippen molar-refractivity contribution in [3.05, 3.63) is 53.3 Å². The van der Waals surface area contributed by atoms with Gasteiger partial charge in [-0.25, -0.2) is 8.78 Å². The van der Waals surface area contributed by atoms with E-state index in [9.17, 15) is 9.50 Å². The Balaban J connectivity index is 1.27. The van der Waals surface area contributed by atoms with Crippen LogP contribution in [0.1, 0.15) is 32.1 Å². The third-order valence-corrected chi connectivity index (χ3v) is 10.0. The molecule has 218 valence electrons. The van der Waals surface area contributed by atoms with Crippen molar-refractivity contribution in [2.24, 2.45) is 0 Å². The SMILES string of the molecule is Oc1cc(-c2c(Cl)cc3c(N4CC5CCC(C4)N5)nc(OC[C@@]45CCCN4C[C@H](F)C5)nc3c2F)c2ccccc2c1. The van der Waals surface area contributed by atoms with Crippen LogP contribution in [0.25, 0.3) is 32.8 Å². The van der Waals surface area contributed by atoms with Crippen molar-refractivity contribution in [3.63, 3.8) is 0 Å². The molecule has 8 rings (SSSR count). The van der Waals surface area contributed by atoms with Crippen molar-refractivity contribution in [2.45, 2.75) is 55.9 Å². The summed E-state index contributed by atoms with van der Waals surface area (Å²) < 4.78 is 37.5. The number of halogens is 3. The Bertz CT molecular complexity index is 1710. The van der Waals surface area contributed by atoms with Gasteiger partial charge in [-0.2, -0.15) is 9.97 Å². The van der Waals surface area contributed by atoms with E-state index < -0.39 is 12.0 Å². The van der Waals surface area contributed by atoms with Gasteiger partial charge in [0, 0.05) is 49.1 Å². The summed E-state index contributed by atoms with van der Waals surface area (Å²) in [6.45, 7) is 3.00.